The van der Waals surface area contributed by atoms with Crippen LogP contribution in [0.15, 0.2) is 0 Å². The van der Waals surface area contributed by atoms with E-state index in [0.29, 0.717) is 0 Å². The molecule has 0 aromatic carbocycles. The van der Waals surface area contributed by atoms with Crippen LogP contribution in [0.5, 0.6) is 0 Å². The maximum atomic E-state index is 3.53. The highest BCUT2D eigenvalue weighted by Gasteiger charge is 2.21. The number of hydrogen-bond acceptors (Lipinski definition) is 3. The molecule has 1 atom stereocenters. The van der Waals surface area contributed by atoms with E-state index in [-0.39, 0.29) is 0 Å². The van der Waals surface area contributed by atoms with Gasteiger partial charge in [-0.1, -0.05) is 6.92 Å². The Morgan fingerprint density at radius 2 is 2.00 bits per heavy atom. The van der Waals surface area contributed by atoms with E-state index in [2.05, 4.69) is 29.1 Å². The number of piperidine rings is 2. The zero-order chi connectivity index (χ0) is 13.5. The zero-order valence-electron chi connectivity index (χ0n) is 13.0. The van der Waals surface area contributed by atoms with E-state index < -0.39 is 0 Å². The average molecular weight is 267 g/mol. The summed E-state index contributed by atoms with van der Waals surface area (Å²) in [7, 11) is 2.34. The Labute approximate surface area is 119 Å². The van der Waals surface area contributed by atoms with Crippen LogP contribution in [-0.2, 0) is 0 Å². The van der Waals surface area contributed by atoms with Crippen LogP contribution in [0.25, 0.3) is 0 Å². The largest absolute Gasteiger partial charge is 0.316 e. The van der Waals surface area contributed by atoms with Gasteiger partial charge in [0.05, 0.1) is 0 Å². The van der Waals surface area contributed by atoms with Gasteiger partial charge in [-0.15, -0.1) is 0 Å². The molecule has 0 aromatic heterocycles. The fraction of sp³-hybridized carbons (Fsp3) is 1.00. The molecule has 2 saturated heterocycles. The summed E-state index contributed by atoms with van der Waals surface area (Å²) in [5.41, 5.74) is 0. The first-order valence-corrected chi connectivity index (χ1v) is 8.43. The maximum absolute atomic E-state index is 3.53. The highest BCUT2D eigenvalue weighted by molar-refractivity contribution is 4.78. The molecule has 1 N–H and O–H groups in total. The Morgan fingerprint density at radius 1 is 1.21 bits per heavy atom. The van der Waals surface area contributed by atoms with E-state index >= 15 is 0 Å². The highest BCUT2D eigenvalue weighted by atomic mass is 15.2. The summed E-state index contributed by atoms with van der Waals surface area (Å²) in [6.07, 6.45) is 8.38. The quantitative estimate of drug-likeness (QED) is 0.796. The van der Waals surface area contributed by atoms with Crippen molar-refractivity contribution in [1.82, 2.24) is 15.1 Å². The van der Waals surface area contributed by atoms with Crippen LogP contribution >= 0.6 is 0 Å². The van der Waals surface area contributed by atoms with Crippen molar-refractivity contribution in [3.05, 3.63) is 0 Å². The number of rotatable bonds is 6. The Morgan fingerprint density at radius 3 is 2.63 bits per heavy atom. The molecule has 0 saturated carbocycles. The van der Waals surface area contributed by atoms with Gasteiger partial charge in [0.1, 0.15) is 0 Å². The van der Waals surface area contributed by atoms with Gasteiger partial charge in [0.2, 0.25) is 0 Å². The lowest BCUT2D eigenvalue weighted by molar-refractivity contribution is 0.128. The predicted octanol–water partition coefficient (Wildman–Crippen LogP) is 2.18. The Kier molecular flexibility index (Phi) is 6.62. The molecule has 3 nitrogen and oxygen atoms in total. The van der Waals surface area contributed by atoms with Crippen molar-refractivity contribution >= 4 is 0 Å². The standard InChI is InChI=1S/C16H33N3/c1-3-19-12-8-16(9-13-19)18(2)11-5-7-15-6-4-10-17-14-15/h15-17H,3-14H2,1-2H3. The lowest BCUT2D eigenvalue weighted by Crippen LogP contribution is -2.43. The van der Waals surface area contributed by atoms with Crippen molar-refractivity contribution in [3.63, 3.8) is 0 Å². The molecule has 0 aliphatic carbocycles. The van der Waals surface area contributed by atoms with Crippen LogP contribution in [-0.4, -0.2) is 62.2 Å². The molecule has 2 heterocycles. The van der Waals surface area contributed by atoms with Gasteiger partial charge in [-0.25, -0.2) is 0 Å². The molecule has 2 aliphatic heterocycles. The SMILES string of the molecule is CCN1CCC(N(C)CCCC2CCCNC2)CC1. The van der Waals surface area contributed by atoms with Gasteiger partial charge in [-0.05, 0) is 90.8 Å². The molecular formula is C16H33N3. The van der Waals surface area contributed by atoms with Crippen molar-refractivity contribution in [2.24, 2.45) is 5.92 Å². The van der Waals surface area contributed by atoms with Gasteiger partial charge in [0.15, 0.2) is 0 Å². The van der Waals surface area contributed by atoms with Crippen molar-refractivity contribution in [2.75, 3.05) is 46.3 Å². The molecule has 3 heteroatoms. The van der Waals surface area contributed by atoms with E-state index in [1.165, 1.54) is 77.8 Å². The van der Waals surface area contributed by atoms with E-state index in [1.807, 2.05) is 0 Å². The minimum absolute atomic E-state index is 0.840. The molecular weight excluding hydrogens is 234 g/mol. The smallest absolute Gasteiger partial charge is 0.0117 e. The lowest BCUT2D eigenvalue weighted by Gasteiger charge is -2.36. The summed E-state index contributed by atoms with van der Waals surface area (Å²) in [6.45, 7) is 9.92. The molecule has 0 amide bonds. The van der Waals surface area contributed by atoms with Crippen LogP contribution in [0.2, 0.25) is 0 Å². The minimum Gasteiger partial charge on any atom is -0.316 e. The summed E-state index contributed by atoms with van der Waals surface area (Å²) >= 11 is 0. The lowest BCUT2D eigenvalue weighted by atomic mass is 9.94. The first kappa shape index (κ1) is 15.3. The van der Waals surface area contributed by atoms with Gasteiger partial charge in [0, 0.05) is 6.04 Å². The Hall–Kier alpha value is -0.120. The van der Waals surface area contributed by atoms with E-state index in [4.69, 9.17) is 0 Å². The van der Waals surface area contributed by atoms with Crippen molar-refractivity contribution in [3.8, 4) is 0 Å². The maximum Gasteiger partial charge on any atom is 0.0117 e. The van der Waals surface area contributed by atoms with Gasteiger partial charge >= 0.3 is 0 Å². The molecule has 2 rings (SSSR count). The molecule has 2 aliphatic rings. The van der Waals surface area contributed by atoms with E-state index in [1.54, 1.807) is 0 Å². The van der Waals surface area contributed by atoms with Gasteiger partial charge in [-0.3, -0.25) is 0 Å². The number of nitrogens with zero attached hydrogens (tertiary/aromatic N) is 2. The molecule has 0 bridgehead atoms. The van der Waals surface area contributed by atoms with Gasteiger partial charge < -0.3 is 15.1 Å². The first-order chi connectivity index (χ1) is 9.29. The second kappa shape index (κ2) is 8.23. The molecule has 1 unspecified atom stereocenters. The number of hydrogen-bond donors (Lipinski definition) is 1. The zero-order valence-corrected chi connectivity index (χ0v) is 13.0. The average Bonchev–Trinajstić information content (AvgIpc) is 2.48. The molecule has 19 heavy (non-hydrogen) atoms. The summed E-state index contributed by atoms with van der Waals surface area (Å²) in [4.78, 5) is 5.21. The van der Waals surface area contributed by atoms with Gasteiger partial charge in [0.25, 0.3) is 0 Å². The van der Waals surface area contributed by atoms with Crippen molar-refractivity contribution < 1.29 is 0 Å². The minimum atomic E-state index is 0.840. The third-order valence-corrected chi connectivity index (χ3v) is 5.15. The van der Waals surface area contributed by atoms with Crippen molar-refractivity contribution in [2.45, 2.75) is 51.5 Å². The van der Waals surface area contributed by atoms with E-state index in [9.17, 15) is 0 Å². The van der Waals surface area contributed by atoms with Crippen LogP contribution in [0.4, 0.5) is 0 Å². The summed E-state index contributed by atoms with van der Waals surface area (Å²) < 4.78 is 0. The second-order valence-electron chi connectivity index (χ2n) is 6.50. The Balaban J connectivity index is 1.57. The summed E-state index contributed by atoms with van der Waals surface area (Å²) in [5, 5.41) is 3.53. The van der Waals surface area contributed by atoms with Crippen LogP contribution in [0.3, 0.4) is 0 Å². The van der Waals surface area contributed by atoms with E-state index in [0.717, 1.165) is 12.0 Å². The molecule has 0 spiro atoms. The molecule has 112 valence electrons. The molecule has 0 aromatic rings. The van der Waals surface area contributed by atoms with Crippen LogP contribution in [0, 0.1) is 5.92 Å². The monoisotopic (exact) mass is 267 g/mol. The van der Waals surface area contributed by atoms with Crippen molar-refractivity contribution in [1.29, 1.82) is 0 Å². The number of nitrogens with one attached hydrogen (secondary N) is 1. The van der Waals surface area contributed by atoms with Crippen LogP contribution < -0.4 is 5.32 Å². The first-order valence-electron chi connectivity index (χ1n) is 8.43. The summed E-state index contributed by atoms with van der Waals surface area (Å²) in [5.74, 6) is 0.948. The fourth-order valence-electron chi connectivity index (χ4n) is 3.66. The molecule has 2 fully saturated rings. The highest BCUT2D eigenvalue weighted by Crippen LogP contribution is 2.18. The predicted molar refractivity (Wildman–Crippen MR) is 82.6 cm³/mol. The normalized spacial score (nSPS) is 27.0. The second-order valence-corrected chi connectivity index (χ2v) is 6.50. The summed E-state index contributed by atoms with van der Waals surface area (Å²) in [6, 6.07) is 0.840. The third-order valence-electron chi connectivity index (χ3n) is 5.15. The topological polar surface area (TPSA) is 18.5 Å². The van der Waals surface area contributed by atoms with Crippen LogP contribution in [0.1, 0.15) is 45.4 Å². The van der Waals surface area contributed by atoms with Gasteiger partial charge in [-0.2, -0.15) is 0 Å². The number of likely N-dealkylation sites (tertiary alicyclic amines) is 1. The third kappa shape index (κ3) is 5.05. The fourth-order valence-corrected chi connectivity index (χ4v) is 3.66. The Bertz CT molecular complexity index is 230. The molecule has 0 radical (unpaired) electrons.